The Morgan fingerprint density at radius 3 is 2.45 bits per heavy atom. The molecule has 1 saturated heterocycles. The number of methoxy groups -OCH3 is 1. The molecule has 122 valence electrons. The van der Waals surface area contributed by atoms with Crippen molar-refractivity contribution < 1.29 is 9.53 Å². The summed E-state index contributed by atoms with van der Waals surface area (Å²) in [5.41, 5.74) is 2.46. The maximum atomic E-state index is 12.2. The van der Waals surface area contributed by atoms with Gasteiger partial charge in [-0.2, -0.15) is 0 Å². The van der Waals surface area contributed by atoms with Gasteiger partial charge in [0.15, 0.2) is 0 Å². The zero-order chi connectivity index (χ0) is 15.8. The number of carbonyl (C=O) groups is 1. The first-order chi connectivity index (χ1) is 10.7. The first-order valence-corrected chi connectivity index (χ1v) is 8.22. The number of ether oxygens (including phenoxy) is 1. The second-order valence-electron chi connectivity index (χ2n) is 6.31. The van der Waals surface area contributed by atoms with Crippen LogP contribution in [0.1, 0.15) is 30.9 Å². The molecular weight excluding hydrogens is 276 g/mol. The third-order valence-corrected chi connectivity index (χ3v) is 4.57. The van der Waals surface area contributed by atoms with Crippen molar-refractivity contribution in [2.45, 2.75) is 32.6 Å². The fourth-order valence-corrected chi connectivity index (χ4v) is 3.06. The molecule has 1 fully saturated rings. The Bertz CT molecular complexity index is 459. The molecule has 2 rings (SSSR count). The van der Waals surface area contributed by atoms with Gasteiger partial charge in [-0.25, -0.2) is 0 Å². The van der Waals surface area contributed by atoms with Gasteiger partial charge in [0.05, 0.1) is 13.0 Å². The van der Waals surface area contributed by atoms with Gasteiger partial charge in [0, 0.05) is 19.1 Å². The minimum absolute atomic E-state index is 0.0850. The zero-order valence-corrected chi connectivity index (χ0v) is 13.8. The number of hydrogen-bond donors (Lipinski definition) is 2. The highest BCUT2D eigenvalue weighted by atomic mass is 16.5. The van der Waals surface area contributed by atoms with E-state index in [0.29, 0.717) is 19.6 Å². The first-order valence-electron chi connectivity index (χ1n) is 8.22. The van der Waals surface area contributed by atoms with Crippen LogP contribution in [0.15, 0.2) is 24.3 Å². The SMILES string of the molecule is CCc1ccc(CC(=O)NCC2(COC)CCNCC2)cc1. The molecule has 0 atom stereocenters. The number of piperidine rings is 1. The van der Waals surface area contributed by atoms with Gasteiger partial charge >= 0.3 is 0 Å². The monoisotopic (exact) mass is 304 g/mol. The van der Waals surface area contributed by atoms with Gasteiger partial charge in [-0.05, 0) is 43.5 Å². The normalized spacial score (nSPS) is 17.2. The fraction of sp³-hybridized carbons (Fsp3) is 0.611. The molecule has 0 bridgehead atoms. The number of benzene rings is 1. The van der Waals surface area contributed by atoms with E-state index < -0.39 is 0 Å². The van der Waals surface area contributed by atoms with E-state index in [2.05, 4.69) is 29.7 Å². The van der Waals surface area contributed by atoms with E-state index >= 15 is 0 Å². The third-order valence-electron chi connectivity index (χ3n) is 4.57. The lowest BCUT2D eigenvalue weighted by Gasteiger charge is -2.37. The van der Waals surface area contributed by atoms with Gasteiger partial charge in [-0.15, -0.1) is 0 Å². The number of nitrogens with one attached hydrogen (secondary N) is 2. The molecule has 4 nitrogen and oxygen atoms in total. The molecule has 0 aromatic heterocycles. The smallest absolute Gasteiger partial charge is 0.224 e. The molecular formula is C18H28N2O2. The maximum Gasteiger partial charge on any atom is 0.224 e. The second kappa shape index (κ2) is 8.30. The summed E-state index contributed by atoms with van der Waals surface area (Å²) in [5, 5.41) is 6.48. The van der Waals surface area contributed by atoms with Gasteiger partial charge in [0.25, 0.3) is 0 Å². The minimum atomic E-state index is 0.0850. The minimum Gasteiger partial charge on any atom is -0.384 e. The van der Waals surface area contributed by atoms with Crippen LogP contribution in [-0.2, 0) is 22.4 Å². The van der Waals surface area contributed by atoms with Crippen LogP contribution >= 0.6 is 0 Å². The molecule has 1 aliphatic rings. The zero-order valence-electron chi connectivity index (χ0n) is 13.8. The van der Waals surface area contributed by atoms with E-state index in [1.165, 1.54) is 5.56 Å². The number of carbonyl (C=O) groups excluding carboxylic acids is 1. The summed E-state index contributed by atoms with van der Waals surface area (Å²) >= 11 is 0. The number of aryl methyl sites for hydroxylation is 1. The molecule has 4 heteroatoms. The van der Waals surface area contributed by atoms with Crippen LogP contribution in [0.5, 0.6) is 0 Å². The summed E-state index contributed by atoms with van der Waals surface area (Å²) < 4.78 is 5.38. The molecule has 22 heavy (non-hydrogen) atoms. The lowest BCUT2D eigenvalue weighted by Crippen LogP contribution is -2.47. The average Bonchev–Trinajstić information content (AvgIpc) is 2.55. The van der Waals surface area contributed by atoms with Gasteiger partial charge < -0.3 is 15.4 Å². The highest BCUT2D eigenvalue weighted by Gasteiger charge is 2.32. The Labute approximate surface area is 133 Å². The van der Waals surface area contributed by atoms with Crippen LogP contribution in [0.25, 0.3) is 0 Å². The predicted octanol–water partition coefficient (Wildman–Crippen LogP) is 1.92. The van der Waals surface area contributed by atoms with Crippen molar-refractivity contribution in [1.29, 1.82) is 0 Å². The second-order valence-corrected chi connectivity index (χ2v) is 6.31. The Morgan fingerprint density at radius 1 is 1.23 bits per heavy atom. The lowest BCUT2D eigenvalue weighted by molar-refractivity contribution is -0.121. The third kappa shape index (κ3) is 4.82. The van der Waals surface area contributed by atoms with Crippen LogP contribution in [0.4, 0.5) is 0 Å². The van der Waals surface area contributed by atoms with E-state index in [-0.39, 0.29) is 11.3 Å². The molecule has 1 aromatic carbocycles. The molecule has 0 aliphatic carbocycles. The summed E-state index contributed by atoms with van der Waals surface area (Å²) in [4.78, 5) is 12.2. The largest absolute Gasteiger partial charge is 0.384 e. The summed E-state index contributed by atoms with van der Waals surface area (Å²) in [6, 6.07) is 8.30. The Hall–Kier alpha value is -1.39. The standard InChI is InChI=1S/C18H28N2O2/c1-3-15-4-6-16(7-5-15)12-17(21)20-13-18(14-22-2)8-10-19-11-9-18/h4-7,19H,3,8-14H2,1-2H3,(H,20,21). The molecule has 1 heterocycles. The molecule has 1 amide bonds. The van der Waals surface area contributed by atoms with Crippen LogP contribution < -0.4 is 10.6 Å². The van der Waals surface area contributed by atoms with E-state index in [1.807, 2.05) is 12.1 Å². The Kier molecular flexibility index (Phi) is 6.40. The molecule has 0 saturated carbocycles. The molecule has 2 N–H and O–H groups in total. The molecule has 0 radical (unpaired) electrons. The van der Waals surface area contributed by atoms with Gasteiger partial charge in [-0.3, -0.25) is 4.79 Å². The molecule has 1 aromatic rings. The lowest BCUT2D eigenvalue weighted by atomic mass is 9.79. The average molecular weight is 304 g/mol. The molecule has 0 unspecified atom stereocenters. The van der Waals surface area contributed by atoms with Gasteiger partial charge in [-0.1, -0.05) is 31.2 Å². The van der Waals surface area contributed by atoms with Crippen LogP contribution in [-0.4, -0.2) is 39.3 Å². The van der Waals surface area contributed by atoms with Gasteiger partial charge in [0.1, 0.15) is 0 Å². The van der Waals surface area contributed by atoms with E-state index in [0.717, 1.165) is 37.9 Å². The van der Waals surface area contributed by atoms with Gasteiger partial charge in [0.2, 0.25) is 5.91 Å². The summed E-state index contributed by atoms with van der Waals surface area (Å²) in [7, 11) is 1.74. The highest BCUT2D eigenvalue weighted by molar-refractivity contribution is 5.78. The molecule has 1 aliphatic heterocycles. The van der Waals surface area contributed by atoms with Crippen LogP contribution in [0.3, 0.4) is 0 Å². The highest BCUT2D eigenvalue weighted by Crippen LogP contribution is 2.28. The van der Waals surface area contributed by atoms with Crippen molar-refractivity contribution in [1.82, 2.24) is 10.6 Å². The fourth-order valence-electron chi connectivity index (χ4n) is 3.06. The molecule has 0 spiro atoms. The summed E-state index contributed by atoms with van der Waals surface area (Å²) in [6.45, 7) is 5.54. The maximum absolute atomic E-state index is 12.2. The van der Waals surface area contributed by atoms with E-state index in [9.17, 15) is 4.79 Å². The topological polar surface area (TPSA) is 50.4 Å². The van der Waals surface area contributed by atoms with Crippen molar-refractivity contribution in [2.75, 3.05) is 33.4 Å². The van der Waals surface area contributed by atoms with Crippen molar-refractivity contribution >= 4 is 5.91 Å². The predicted molar refractivity (Wildman–Crippen MR) is 88.9 cm³/mol. The first kappa shape index (κ1) is 17.0. The quantitative estimate of drug-likeness (QED) is 0.809. The van der Waals surface area contributed by atoms with E-state index in [4.69, 9.17) is 4.74 Å². The van der Waals surface area contributed by atoms with Crippen LogP contribution in [0, 0.1) is 5.41 Å². The Balaban J connectivity index is 1.84. The van der Waals surface area contributed by atoms with Crippen molar-refractivity contribution in [3.8, 4) is 0 Å². The number of amides is 1. The number of hydrogen-bond acceptors (Lipinski definition) is 3. The summed E-state index contributed by atoms with van der Waals surface area (Å²) in [6.07, 6.45) is 3.57. The summed E-state index contributed by atoms with van der Waals surface area (Å²) in [5.74, 6) is 0.0956. The van der Waals surface area contributed by atoms with E-state index in [1.54, 1.807) is 7.11 Å². The number of rotatable bonds is 7. The van der Waals surface area contributed by atoms with Crippen molar-refractivity contribution in [3.63, 3.8) is 0 Å². The van der Waals surface area contributed by atoms with Crippen LogP contribution in [0.2, 0.25) is 0 Å². The Morgan fingerprint density at radius 2 is 1.86 bits per heavy atom. The van der Waals surface area contributed by atoms with Crippen molar-refractivity contribution in [2.24, 2.45) is 5.41 Å². The van der Waals surface area contributed by atoms with Crippen molar-refractivity contribution in [3.05, 3.63) is 35.4 Å².